The summed E-state index contributed by atoms with van der Waals surface area (Å²) in [4.78, 5) is 11.0. The highest BCUT2D eigenvalue weighted by Crippen LogP contribution is 2.24. The van der Waals surface area contributed by atoms with Crippen molar-refractivity contribution < 1.29 is 4.79 Å². The van der Waals surface area contributed by atoms with Gasteiger partial charge >= 0.3 is 0 Å². The molecule has 1 heterocycles. The van der Waals surface area contributed by atoms with E-state index in [-0.39, 0.29) is 5.91 Å². The molecule has 0 aliphatic carbocycles. The molecular formula is C10H10BrNO. The van der Waals surface area contributed by atoms with Gasteiger partial charge in [0, 0.05) is 11.0 Å². The average Bonchev–Trinajstić information content (AvgIpc) is 2.44. The number of carbonyl (C=O) groups excluding carboxylic acids is 1. The Balaban J connectivity index is 2.29. The van der Waals surface area contributed by atoms with Crippen molar-refractivity contribution in [2.75, 3.05) is 10.6 Å². The van der Waals surface area contributed by atoms with Gasteiger partial charge in [0.15, 0.2) is 0 Å². The van der Waals surface area contributed by atoms with E-state index in [1.807, 2.05) is 6.07 Å². The van der Waals surface area contributed by atoms with Gasteiger partial charge in [-0.1, -0.05) is 28.1 Å². The number of carbonyl (C=O) groups is 1. The smallest absolute Gasteiger partial charge is 0.228 e. The average molecular weight is 240 g/mol. The van der Waals surface area contributed by atoms with E-state index in [1.165, 1.54) is 5.56 Å². The molecule has 1 aromatic rings. The first-order valence-electron chi connectivity index (χ1n) is 4.27. The summed E-state index contributed by atoms with van der Waals surface area (Å²) in [6.45, 7) is 0. The lowest BCUT2D eigenvalue weighted by Gasteiger charge is -2.01. The number of hydrogen-bond donors (Lipinski definition) is 1. The second-order valence-corrected chi connectivity index (χ2v) is 3.95. The van der Waals surface area contributed by atoms with Crippen molar-refractivity contribution in [3.05, 3.63) is 29.3 Å². The number of halogens is 1. The van der Waals surface area contributed by atoms with Crippen LogP contribution < -0.4 is 5.32 Å². The number of aryl methyl sites for hydroxylation is 1. The van der Waals surface area contributed by atoms with Crippen LogP contribution in [0.3, 0.4) is 0 Å². The summed E-state index contributed by atoms with van der Waals surface area (Å²) in [5, 5.41) is 3.80. The maximum atomic E-state index is 11.0. The van der Waals surface area contributed by atoms with Crippen molar-refractivity contribution in [1.29, 1.82) is 0 Å². The predicted octanol–water partition coefficient (Wildman–Crippen LogP) is 2.12. The van der Waals surface area contributed by atoms with Crippen LogP contribution >= 0.6 is 15.9 Å². The summed E-state index contributed by atoms with van der Waals surface area (Å²) in [5.74, 6) is 0.103. The second-order valence-electron chi connectivity index (χ2n) is 3.16. The van der Waals surface area contributed by atoms with E-state index in [0.29, 0.717) is 6.42 Å². The molecule has 0 saturated carbocycles. The maximum Gasteiger partial charge on any atom is 0.228 e. The van der Waals surface area contributed by atoms with Crippen molar-refractivity contribution in [2.24, 2.45) is 0 Å². The number of fused-ring (bicyclic) bond motifs is 1. The van der Waals surface area contributed by atoms with Crippen molar-refractivity contribution in [3.8, 4) is 0 Å². The summed E-state index contributed by atoms with van der Waals surface area (Å²) in [5.41, 5.74) is 3.37. The van der Waals surface area contributed by atoms with E-state index >= 15 is 0 Å². The van der Waals surface area contributed by atoms with E-state index in [9.17, 15) is 4.79 Å². The molecule has 1 N–H and O–H groups in total. The molecule has 0 bridgehead atoms. The molecule has 0 spiro atoms. The molecule has 0 saturated heterocycles. The Kier molecular flexibility index (Phi) is 2.36. The van der Waals surface area contributed by atoms with Crippen molar-refractivity contribution in [1.82, 2.24) is 0 Å². The summed E-state index contributed by atoms with van der Waals surface area (Å²) < 4.78 is 0. The maximum absolute atomic E-state index is 11.0. The molecule has 1 aliphatic heterocycles. The third-order valence-electron chi connectivity index (χ3n) is 2.18. The summed E-state index contributed by atoms with van der Waals surface area (Å²) in [6, 6.07) is 6.17. The second kappa shape index (κ2) is 3.50. The molecule has 13 heavy (non-hydrogen) atoms. The Morgan fingerprint density at radius 2 is 2.31 bits per heavy atom. The fraction of sp³-hybridized carbons (Fsp3) is 0.300. The minimum atomic E-state index is 0.103. The lowest BCUT2D eigenvalue weighted by atomic mass is 10.1. The van der Waals surface area contributed by atoms with Gasteiger partial charge in [-0.05, 0) is 23.6 Å². The lowest BCUT2D eigenvalue weighted by molar-refractivity contribution is -0.115. The molecule has 1 aromatic carbocycles. The van der Waals surface area contributed by atoms with Crippen LogP contribution in [0.4, 0.5) is 5.69 Å². The summed E-state index contributed by atoms with van der Waals surface area (Å²) in [6.07, 6.45) is 1.53. The molecule has 3 heteroatoms. The molecule has 0 fully saturated rings. The highest BCUT2D eigenvalue weighted by molar-refractivity contribution is 9.09. The number of anilines is 1. The molecule has 1 aliphatic rings. The Morgan fingerprint density at radius 1 is 1.46 bits per heavy atom. The number of benzene rings is 1. The molecule has 2 rings (SSSR count). The third kappa shape index (κ3) is 1.75. The van der Waals surface area contributed by atoms with Crippen LogP contribution in [-0.4, -0.2) is 11.2 Å². The molecule has 68 valence electrons. The number of alkyl halides is 1. The van der Waals surface area contributed by atoms with E-state index in [4.69, 9.17) is 0 Å². The minimum Gasteiger partial charge on any atom is -0.326 e. The lowest BCUT2D eigenvalue weighted by Crippen LogP contribution is -2.03. The van der Waals surface area contributed by atoms with Crippen molar-refractivity contribution in [3.63, 3.8) is 0 Å². The molecule has 0 aromatic heterocycles. The SMILES string of the molecule is O=C1Cc2ccc(CCBr)cc2N1. The van der Waals surface area contributed by atoms with E-state index in [2.05, 4.69) is 33.4 Å². The Morgan fingerprint density at radius 3 is 3.08 bits per heavy atom. The van der Waals surface area contributed by atoms with E-state index in [0.717, 1.165) is 23.0 Å². The van der Waals surface area contributed by atoms with E-state index in [1.54, 1.807) is 0 Å². The number of hydrogen-bond acceptors (Lipinski definition) is 1. The van der Waals surface area contributed by atoms with Gasteiger partial charge in [-0.2, -0.15) is 0 Å². The van der Waals surface area contributed by atoms with Gasteiger partial charge < -0.3 is 5.32 Å². The van der Waals surface area contributed by atoms with Gasteiger partial charge in [0.2, 0.25) is 5.91 Å². The first-order valence-corrected chi connectivity index (χ1v) is 5.39. The summed E-state index contributed by atoms with van der Waals surface area (Å²) >= 11 is 3.39. The predicted molar refractivity (Wildman–Crippen MR) is 56.3 cm³/mol. The van der Waals surface area contributed by atoms with E-state index < -0.39 is 0 Å². The van der Waals surface area contributed by atoms with Crippen LogP contribution in [0.2, 0.25) is 0 Å². The van der Waals surface area contributed by atoms with Crippen molar-refractivity contribution >= 4 is 27.5 Å². The fourth-order valence-electron chi connectivity index (χ4n) is 1.53. The third-order valence-corrected chi connectivity index (χ3v) is 2.58. The van der Waals surface area contributed by atoms with Crippen LogP contribution in [0.1, 0.15) is 11.1 Å². The quantitative estimate of drug-likeness (QED) is 0.788. The number of rotatable bonds is 2. The van der Waals surface area contributed by atoms with Crippen LogP contribution in [0.25, 0.3) is 0 Å². The molecule has 0 atom stereocenters. The monoisotopic (exact) mass is 239 g/mol. The largest absolute Gasteiger partial charge is 0.326 e. The zero-order valence-corrected chi connectivity index (χ0v) is 8.73. The molecule has 2 nitrogen and oxygen atoms in total. The molecule has 0 radical (unpaired) electrons. The first kappa shape index (κ1) is 8.75. The number of nitrogens with one attached hydrogen (secondary N) is 1. The zero-order chi connectivity index (χ0) is 9.26. The summed E-state index contributed by atoms with van der Waals surface area (Å²) in [7, 11) is 0. The Labute approximate surface area is 85.5 Å². The molecule has 0 unspecified atom stereocenters. The number of amides is 1. The van der Waals surface area contributed by atoms with Gasteiger partial charge in [-0.25, -0.2) is 0 Å². The van der Waals surface area contributed by atoms with Crippen LogP contribution in [0, 0.1) is 0 Å². The van der Waals surface area contributed by atoms with Crippen LogP contribution in [0.15, 0.2) is 18.2 Å². The minimum absolute atomic E-state index is 0.103. The fourth-order valence-corrected chi connectivity index (χ4v) is 1.98. The van der Waals surface area contributed by atoms with Crippen LogP contribution in [0.5, 0.6) is 0 Å². The molecule has 1 amide bonds. The van der Waals surface area contributed by atoms with Gasteiger partial charge in [-0.3, -0.25) is 4.79 Å². The van der Waals surface area contributed by atoms with Gasteiger partial charge in [-0.15, -0.1) is 0 Å². The molecular weight excluding hydrogens is 230 g/mol. The first-order chi connectivity index (χ1) is 6.29. The Bertz CT molecular complexity index is 349. The van der Waals surface area contributed by atoms with Crippen LogP contribution in [-0.2, 0) is 17.6 Å². The Hall–Kier alpha value is -0.830. The van der Waals surface area contributed by atoms with Gasteiger partial charge in [0.25, 0.3) is 0 Å². The standard InChI is InChI=1S/C10H10BrNO/c11-4-3-7-1-2-8-6-10(13)12-9(8)5-7/h1-2,5H,3-4,6H2,(H,12,13). The normalized spacial score (nSPS) is 14.1. The van der Waals surface area contributed by atoms with Crippen molar-refractivity contribution in [2.45, 2.75) is 12.8 Å². The zero-order valence-electron chi connectivity index (χ0n) is 7.14. The topological polar surface area (TPSA) is 29.1 Å². The highest BCUT2D eigenvalue weighted by Gasteiger charge is 2.16. The highest BCUT2D eigenvalue weighted by atomic mass is 79.9. The van der Waals surface area contributed by atoms with Gasteiger partial charge in [0.05, 0.1) is 6.42 Å². The van der Waals surface area contributed by atoms with Gasteiger partial charge in [0.1, 0.15) is 0 Å².